The molecule has 0 fully saturated rings. The zero-order valence-electron chi connectivity index (χ0n) is 12.7. The van der Waals surface area contributed by atoms with Crippen molar-refractivity contribution < 1.29 is 0 Å². The third kappa shape index (κ3) is 2.79. The van der Waals surface area contributed by atoms with Gasteiger partial charge in [-0.05, 0) is 34.6 Å². The second-order valence-electron chi connectivity index (χ2n) is 6.52. The molecule has 4 nitrogen and oxygen atoms in total. The summed E-state index contributed by atoms with van der Waals surface area (Å²) in [4.78, 5) is 4.29. The predicted octanol–water partition coefficient (Wildman–Crippen LogP) is 4.15. The molecule has 1 aromatic carbocycles. The van der Waals surface area contributed by atoms with Crippen molar-refractivity contribution in [2.75, 3.05) is 5.73 Å². The van der Waals surface area contributed by atoms with Crippen molar-refractivity contribution in [1.82, 2.24) is 4.98 Å². The molecule has 2 heterocycles. The molecule has 0 amide bonds. The highest BCUT2D eigenvalue weighted by Crippen LogP contribution is 2.32. The van der Waals surface area contributed by atoms with Crippen molar-refractivity contribution in [3.05, 3.63) is 52.7 Å². The first-order chi connectivity index (χ1) is 9.93. The number of azo groups is 1. The topological polar surface area (TPSA) is 63.6 Å². The van der Waals surface area contributed by atoms with Crippen LogP contribution in [-0.4, -0.2) is 4.98 Å². The van der Waals surface area contributed by atoms with Crippen LogP contribution in [0.4, 0.5) is 11.5 Å². The molecule has 0 aliphatic carbocycles. The lowest BCUT2D eigenvalue weighted by Gasteiger charge is -2.19. The molecule has 0 unspecified atom stereocenters. The zero-order chi connectivity index (χ0) is 15.0. The molecule has 3 rings (SSSR count). The molecule has 108 valence electrons. The molecule has 0 radical (unpaired) electrons. The van der Waals surface area contributed by atoms with E-state index in [1.807, 2.05) is 6.07 Å². The second kappa shape index (κ2) is 4.95. The maximum absolute atomic E-state index is 5.87. The summed E-state index contributed by atoms with van der Waals surface area (Å²) in [6.45, 7) is 7.20. The molecule has 0 saturated carbocycles. The summed E-state index contributed by atoms with van der Waals surface area (Å²) < 4.78 is 0. The van der Waals surface area contributed by atoms with Crippen molar-refractivity contribution in [2.24, 2.45) is 10.2 Å². The molecule has 4 heteroatoms. The van der Waals surface area contributed by atoms with Crippen LogP contribution in [0.15, 0.2) is 40.6 Å². The summed E-state index contributed by atoms with van der Waals surface area (Å²) in [5.74, 6) is 0.544. The van der Waals surface area contributed by atoms with Crippen LogP contribution in [0, 0.1) is 0 Å². The van der Waals surface area contributed by atoms with Crippen LogP contribution >= 0.6 is 0 Å². The Morgan fingerprint density at radius 3 is 2.52 bits per heavy atom. The number of rotatable bonds is 2. The van der Waals surface area contributed by atoms with Gasteiger partial charge in [-0.15, -0.1) is 0 Å². The zero-order valence-corrected chi connectivity index (χ0v) is 12.7. The van der Waals surface area contributed by atoms with Gasteiger partial charge in [0, 0.05) is 0 Å². The van der Waals surface area contributed by atoms with E-state index in [9.17, 15) is 0 Å². The Morgan fingerprint density at radius 2 is 1.86 bits per heavy atom. The quantitative estimate of drug-likeness (QED) is 0.898. The fraction of sp³-hybridized carbons (Fsp3) is 0.353. The molecular weight excluding hydrogens is 260 g/mol. The van der Waals surface area contributed by atoms with E-state index < -0.39 is 0 Å². The third-order valence-electron chi connectivity index (χ3n) is 3.77. The van der Waals surface area contributed by atoms with Crippen LogP contribution in [0.3, 0.4) is 0 Å². The summed E-state index contributed by atoms with van der Waals surface area (Å²) in [7, 11) is 0. The van der Waals surface area contributed by atoms with Crippen molar-refractivity contribution in [1.29, 1.82) is 0 Å². The Morgan fingerprint density at radius 1 is 1.14 bits per heavy atom. The van der Waals surface area contributed by atoms with Crippen molar-refractivity contribution in [2.45, 2.75) is 39.2 Å². The Hall–Kier alpha value is -2.23. The first kappa shape index (κ1) is 13.7. The van der Waals surface area contributed by atoms with Crippen LogP contribution in [0.5, 0.6) is 0 Å². The summed E-state index contributed by atoms with van der Waals surface area (Å²) in [6.07, 6.45) is 0.804. The summed E-state index contributed by atoms with van der Waals surface area (Å²) in [5, 5.41) is 8.25. The number of nitrogen functional groups attached to an aromatic ring is 1. The number of hydrogen-bond donors (Lipinski definition) is 1. The van der Waals surface area contributed by atoms with Crippen LogP contribution in [0.25, 0.3) is 0 Å². The van der Waals surface area contributed by atoms with Crippen molar-refractivity contribution >= 4 is 11.5 Å². The van der Waals surface area contributed by atoms with Gasteiger partial charge in [0.25, 0.3) is 0 Å². The summed E-state index contributed by atoms with van der Waals surface area (Å²) in [5.41, 5.74) is 11.5. The van der Waals surface area contributed by atoms with Gasteiger partial charge in [-0.25, -0.2) is 4.98 Å². The molecule has 0 atom stereocenters. The van der Waals surface area contributed by atoms with Gasteiger partial charge in [0.1, 0.15) is 18.1 Å². The number of pyridine rings is 1. The van der Waals surface area contributed by atoms with E-state index >= 15 is 0 Å². The number of hydrogen-bond acceptors (Lipinski definition) is 4. The smallest absolute Gasteiger partial charge is 0.124 e. The molecule has 1 aliphatic rings. The first-order valence-corrected chi connectivity index (χ1v) is 7.19. The molecular formula is C17H20N4. The Bertz CT molecular complexity index is 694. The maximum atomic E-state index is 5.87. The fourth-order valence-electron chi connectivity index (χ4n) is 2.56. The van der Waals surface area contributed by atoms with Crippen LogP contribution < -0.4 is 5.73 Å². The van der Waals surface area contributed by atoms with Gasteiger partial charge in [-0.1, -0.05) is 45.0 Å². The van der Waals surface area contributed by atoms with E-state index in [0.29, 0.717) is 12.4 Å². The Kier molecular flexibility index (Phi) is 3.24. The second-order valence-corrected chi connectivity index (χ2v) is 6.52. The van der Waals surface area contributed by atoms with E-state index in [2.05, 4.69) is 60.2 Å². The van der Waals surface area contributed by atoms with E-state index in [4.69, 9.17) is 5.73 Å². The molecule has 0 spiro atoms. The van der Waals surface area contributed by atoms with E-state index in [1.54, 1.807) is 0 Å². The number of aromatic nitrogens is 1. The number of benzene rings is 1. The minimum absolute atomic E-state index is 0.176. The van der Waals surface area contributed by atoms with Gasteiger partial charge in [0.15, 0.2) is 0 Å². The molecule has 1 aromatic heterocycles. The monoisotopic (exact) mass is 280 g/mol. The lowest BCUT2D eigenvalue weighted by Crippen LogP contribution is -2.10. The Balaban J connectivity index is 1.89. The van der Waals surface area contributed by atoms with Crippen molar-refractivity contribution in [3.8, 4) is 0 Å². The fourth-order valence-corrected chi connectivity index (χ4v) is 2.56. The highest BCUT2D eigenvalue weighted by atomic mass is 15.2. The molecule has 0 bridgehead atoms. The minimum atomic E-state index is 0.176. The molecule has 21 heavy (non-hydrogen) atoms. The standard InChI is InChI=1S/C17H20N4/c1-17(2,3)13-6-4-11(5-7-13)8-12-9-15(18)20-14-10-19-21-16(12)14/h4-7,9H,8,10H2,1-3H3,(H2,18,20). The number of nitrogens with zero attached hydrogens (tertiary/aromatic N) is 3. The lowest BCUT2D eigenvalue weighted by atomic mass is 9.86. The number of anilines is 1. The van der Waals surface area contributed by atoms with Crippen LogP contribution in [0.2, 0.25) is 0 Å². The highest BCUT2D eigenvalue weighted by molar-refractivity contribution is 5.57. The summed E-state index contributed by atoms with van der Waals surface area (Å²) in [6, 6.07) is 10.6. The molecule has 2 N–H and O–H groups in total. The highest BCUT2D eigenvalue weighted by Gasteiger charge is 2.17. The van der Waals surface area contributed by atoms with E-state index in [1.165, 1.54) is 11.1 Å². The SMILES string of the molecule is CC(C)(C)c1ccc(Cc2cc(N)nc3c2N=NC3)cc1. The number of nitrogens with two attached hydrogens (primary N) is 1. The Labute approximate surface area is 125 Å². The largest absolute Gasteiger partial charge is 0.384 e. The molecule has 2 aromatic rings. The van der Waals surface area contributed by atoms with E-state index in [0.717, 1.165) is 23.4 Å². The van der Waals surface area contributed by atoms with Crippen LogP contribution in [0.1, 0.15) is 43.2 Å². The van der Waals surface area contributed by atoms with Gasteiger partial charge in [-0.2, -0.15) is 10.2 Å². The normalized spacial score (nSPS) is 13.5. The maximum Gasteiger partial charge on any atom is 0.124 e. The first-order valence-electron chi connectivity index (χ1n) is 7.19. The van der Waals surface area contributed by atoms with Gasteiger partial charge in [0.2, 0.25) is 0 Å². The average Bonchev–Trinajstić information content (AvgIpc) is 2.86. The van der Waals surface area contributed by atoms with Gasteiger partial charge in [0.05, 0.1) is 5.69 Å². The summed E-state index contributed by atoms with van der Waals surface area (Å²) >= 11 is 0. The van der Waals surface area contributed by atoms with Gasteiger partial charge >= 0.3 is 0 Å². The average molecular weight is 280 g/mol. The number of fused-ring (bicyclic) bond motifs is 1. The predicted molar refractivity (Wildman–Crippen MR) is 84.8 cm³/mol. The van der Waals surface area contributed by atoms with Gasteiger partial charge in [-0.3, -0.25) is 0 Å². The van der Waals surface area contributed by atoms with Crippen molar-refractivity contribution in [3.63, 3.8) is 0 Å². The molecule has 0 saturated heterocycles. The van der Waals surface area contributed by atoms with E-state index in [-0.39, 0.29) is 5.41 Å². The van der Waals surface area contributed by atoms with Gasteiger partial charge < -0.3 is 5.73 Å². The molecule has 1 aliphatic heterocycles. The third-order valence-corrected chi connectivity index (χ3v) is 3.77. The minimum Gasteiger partial charge on any atom is -0.384 e. The van der Waals surface area contributed by atoms with Crippen LogP contribution in [-0.2, 0) is 18.4 Å². The lowest BCUT2D eigenvalue weighted by molar-refractivity contribution is 0.590.